The first kappa shape index (κ1) is 17.4. The largest absolute Gasteiger partial charge is 0.316 e. The number of nitriles is 1. The Kier molecular flexibility index (Phi) is 4.19. The number of nitrogens with zero attached hydrogens (tertiary/aromatic N) is 2. The van der Waals surface area contributed by atoms with Crippen LogP contribution in [-0.4, -0.2) is 17.6 Å². The topological polar surface area (TPSA) is 53.0 Å². The lowest BCUT2D eigenvalue weighted by Crippen LogP contribution is -2.54. The molecule has 0 amide bonds. The van der Waals surface area contributed by atoms with E-state index in [1.165, 1.54) is 21.9 Å². The normalized spacial score (nSPS) is 27.4. The van der Waals surface area contributed by atoms with Crippen molar-refractivity contribution in [1.82, 2.24) is 4.90 Å². The van der Waals surface area contributed by atoms with Gasteiger partial charge >= 0.3 is 0 Å². The van der Waals surface area contributed by atoms with Crippen LogP contribution in [0.25, 0.3) is 10.8 Å². The van der Waals surface area contributed by atoms with Gasteiger partial charge in [0.05, 0.1) is 17.6 Å². The molecule has 2 N–H and O–H groups in total. The summed E-state index contributed by atoms with van der Waals surface area (Å²) >= 11 is 0. The third-order valence-corrected chi connectivity index (χ3v) is 6.79. The van der Waals surface area contributed by atoms with E-state index in [9.17, 15) is 5.26 Å². The molecule has 0 radical (unpaired) electrons. The summed E-state index contributed by atoms with van der Waals surface area (Å²) in [6.45, 7) is 0.854. The molecule has 0 bridgehead atoms. The Morgan fingerprint density at radius 3 is 2.54 bits per heavy atom. The van der Waals surface area contributed by atoms with E-state index in [-0.39, 0.29) is 6.17 Å². The zero-order chi connectivity index (χ0) is 19.1. The molecule has 5 rings (SSSR count). The van der Waals surface area contributed by atoms with Crippen LogP contribution in [0.15, 0.2) is 66.7 Å². The molecule has 0 spiro atoms. The van der Waals surface area contributed by atoms with Crippen molar-refractivity contribution >= 4 is 10.8 Å². The van der Waals surface area contributed by atoms with Crippen molar-refractivity contribution in [3.05, 3.63) is 83.4 Å². The zero-order valence-corrected chi connectivity index (χ0v) is 16.0. The summed E-state index contributed by atoms with van der Waals surface area (Å²) in [6.07, 6.45) is 3.58. The summed E-state index contributed by atoms with van der Waals surface area (Å²) in [6, 6.07) is 26.4. The van der Waals surface area contributed by atoms with Gasteiger partial charge in [0, 0.05) is 12.6 Å². The molecule has 0 aromatic heterocycles. The number of benzene rings is 3. The van der Waals surface area contributed by atoms with Gasteiger partial charge in [-0.3, -0.25) is 4.90 Å². The lowest BCUT2D eigenvalue weighted by Gasteiger charge is -2.46. The van der Waals surface area contributed by atoms with Crippen LogP contribution in [0.2, 0.25) is 0 Å². The van der Waals surface area contributed by atoms with Gasteiger partial charge in [0.1, 0.15) is 0 Å². The molecule has 1 aliphatic carbocycles. The lowest BCUT2D eigenvalue weighted by atomic mass is 9.72. The van der Waals surface area contributed by atoms with Crippen molar-refractivity contribution in [3.63, 3.8) is 0 Å². The van der Waals surface area contributed by atoms with Gasteiger partial charge in [-0.05, 0) is 53.1 Å². The maximum atomic E-state index is 10.0. The van der Waals surface area contributed by atoms with Gasteiger partial charge in [0.25, 0.3) is 0 Å². The summed E-state index contributed by atoms with van der Waals surface area (Å²) in [7, 11) is 0. The van der Waals surface area contributed by atoms with Crippen molar-refractivity contribution < 1.29 is 0 Å². The molecule has 3 unspecified atom stereocenters. The third kappa shape index (κ3) is 2.64. The standard InChI is InChI=1S/C25H25N3/c26-17-25(20-9-2-1-3-10-20)14-15-28(23(27)16-25)22-13-12-19-7-4-6-18-8-5-11-21(22)24(18)19/h1-11,22-23H,12-16,27H2. The zero-order valence-electron chi connectivity index (χ0n) is 16.0. The molecule has 3 aromatic rings. The van der Waals surface area contributed by atoms with Crippen LogP contribution in [0.1, 0.15) is 42.0 Å². The Hall–Kier alpha value is -2.67. The van der Waals surface area contributed by atoms with Gasteiger partial charge in [0.2, 0.25) is 0 Å². The van der Waals surface area contributed by atoms with E-state index < -0.39 is 5.41 Å². The van der Waals surface area contributed by atoms with Crippen LogP contribution in [0, 0.1) is 11.3 Å². The van der Waals surface area contributed by atoms with E-state index in [1.54, 1.807) is 0 Å². The molecular formula is C25H25N3. The molecule has 3 atom stereocenters. The number of likely N-dealkylation sites (tertiary alicyclic amines) is 1. The summed E-state index contributed by atoms with van der Waals surface area (Å²) in [5.41, 5.74) is 10.2. The quantitative estimate of drug-likeness (QED) is 0.716. The second kappa shape index (κ2) is 6.74. The predicted octanol–water partition coefficient (Wildman–Crippen LogP) is 4.67. The molecule has 2 aliphatic rings. The molecule has 1 aliphatic heterocycles. The highest BCUT2D eigenvalue weighted by Gasteiger charge is 2.43. The minimum absolute atomic E-state index is 0.112. The van der Waals surface area contributed by atoms with Crippen molar-refractivity contribution in [2.75, 3.05) is 6.54 Å². The van der Waals surface area contributed by atoms with Gasteiger partial charge in [0.15, 0.2) is 0 Å². The minimum atomic E-state index is -0.476. The Labute approximate surface area is 166 Å². The second-order valence-corrected chi connectivity index (χ2v) is 8.24. The highest BCUT2D eigenvalue weighted by Crippen LogP contribution is 2.44. The van der Waals surface area contributed by atoms with Gasteiger partial charge in [-0.2, -0.15) is 5.26 Å². The highest BCUT2D eigenvalue weighted by molar-refractivity contribution is 5.90. The molecule has 3 aromatic carbocycles. The van der Waals surface area contributed by atoms with Gasteiger partial charge in [-0.15, -0.1) is 0 Å². The number of hydrogen-bond acceptors (Lipinski definition) is 3. The van der Waals surface area contributed by atoms with Crippen LogP contribution in [0.3, 0.4) is 0 Å². The van der Waals surface area contributed by atoms with E-state index in [0.29, 0.717) is 12.5 Å². The molecular weight excluding hydrogens is 342 g/mol. The Morgan fingerprint density at radius 2 is 1.79 bits per heavy atom. The number of hydrogen-bond donors (Lipinski definition) is 1. The molecule has 28 heavy (non-hydrogen) atoms. The average Bonchev–Trinajstić information content (AvgIpc) is 2.75. The first-order valence-corrected chi connectivity index (χ1v) is 10.2. The maximum Gasteiger partial charge on any atom is 0.0862 e. The summed E-state index contributed by atoms with van der Waals surface area (Å²) in [4.78, 5) is 2.45. The van der Waals surface area contributed by atoms with Crippen molar-refractivity contribution in [2.24, 2.45) is 5.73 Å². The monoisotopic (exact) mass is 367 g/mol. The third-order valence-electron chi connectivity index (χ3n) is 6.79. The number of nitrogens with two attached hydrogens (primary N) is 1. The first-order valence-electron chi connectivity index (χ1n) is 10.2. The molecule has 1 saturated heterocycles. The Bertz CT molecular complexity index is 1050. The second-order valence-electron chi connectivity index (χ2n) is 8.24. The SMILES string of the molecule is N#CC1(c2ccccc2)CCN(C2CCc3cccc4cccc2c34)C(N)C1. The number of rotatable bonds is 2. The fraction of sp³-hybridized carbons (Fsp3) is 0.320. The van der Waals surface area contributed by atoms with Gasteiger partial charge < -0.3 is 5.73 Å². The van der Waals surface area contributed by atoms with E-state index in [4.69, 9.17) is 5.73 Å². The Morgan fingerprint density at radius 1 is 1.00 bits per heavy atom. The number of piperidine rings is 1. The molecule has 3 nitrogen and oxygen atoms in total. The first-order chi connectivity index (χ1) is 13.7. The summed E-state index contributed by atoms with van der Waals surface area (Å²) in [5.74, 6) is 0. The average molecular weight is 367 g/mol. The van der Waals surface area contributed by atoms with Crippen LogP contribution >= 0.6 is 0 Å². The fourth-order valence-electron chi connectivity index (χ4n) is 5.36. The van der Waals surface area contributed by atoms with E-state index in [0.717, 1.165) is 31.4 Å². The summed E-state index contributed by atoms with van der Waals surface area (Å²) in [5, 5.41) is 12.8. The van der Waals surface area contributed by atoms with Crippen molar-refractivity contribution in [3.8, 4) is 6.07 Å². The molecule has 0 saturated carbocycles. The van der Waals surface area contributed by atoms with Gasteiger partial charge in [-0.1, -0.05) is 66.7 Å². The molecule has 1 heterocycles. The highest BCUT2D eigenvalue weighted by atomic mass is 15.3. The van der Waals surface area contributed by atoms with Crippen LogP contribution in [0.4, 0.5) is 0 Å². The van der Waals surface area contributed by atoms with E-state index in [2.05, 4.69) is 59.5 Å². The van der Waals surface area contributed by atoms with Crippen LogP contribution in [0.5, 0.6) is 0 Å². The maximum absolute atomic E-state index is 10.0. The van der Waals surface area contributed by atoms with Gasteiger partial charge in [-0.25, -0.2) is 0 Å². The van der Waals surface area contributed by atoms with E-state index >= 15 is 0 Å². The van der Waals surface area contributed by atoms with E-state index in [1.807, 2.05) is 18.2 Å². The van der Waals surface area contributed by atoms with Crippen LogP contribution in [-0.2, 0) is 11.8 Å². The fourth-order valence-corrected chi connectivity index (χ4v) is 5.36. The van der Waals surface area contributed by atoms with Crippen LogP contribution < -0.4 is 5.73 Å². The lowest BCUT2D eigenvalue weighted by molar-refractivity contribution is 0.0661. The minimum Gasteiger partial charge on any atom is -0.316 e. The predicted molar refractivity (Wildman–Crippen MR) is 113 cm³/mol. The Balaban J connectivity index is 1.48. The smallest absolute Gasteiger partial charge is 0.0862 e. The van der Waals surface area contributed by atoms with Crippen molar-refractivity contribution in [2.45, 2.75) is 43.3 Å². The number of aryl methyl sites for hydroxylation is 1. The molecule has 1 fully saturated rings. The van der Waals surface area contributed by atoms with Crippen molar-refractivity contribution in [1.29, 1.82) is 5.26 Å². The molecule has 3 heteroatoms. The summed E-state index contributed by atoms with van der Waals surface area (Å²) < 4.78 is 0. The molecule has 140 valence electrons.